The van der Waals surface area contributed by atoms with E-state index in [2.05, 4.69) is 20.4 Å². The lowest BCUT2D eigenvalue weighted by Crippen LogP contribution is -1.82. The molecule has 0 saturated carbocycles. The van der Waals surface area contributed by atoms with Crippen molar-refractivity contribution >= 4 is 0 Å². The number of hydrogen-bond acceptors (Lipinski definition) is 4. The van der Waals surface area contributed by atoms with Crippen LogP contribution in [0.2, 0.25) is 0 Å². The molecule has 0 atom stereocenters. The zero-order chi connectivity index (χ0) is 9.10. The van der Waals surface area contributed by atoms with E-state index in [1.165, 1.54) is 0 Å². The molecule has 0 bridgehead atoms. The molecule has 13 heavy (non-hydrogen) atoms. The summed E-state index contributed by atoms with van der Waals surface area (Å²) in [5, 5.41) is 18.6. The van der Waals surface area contributed by atoms with Gasteiger partial charge < -0.3 is 0 Å². The van der Waals surface area contributed by atoms with Crippen molar-refractivity contribution in [1.82, 2.24) is 20.4 Å². The summed E-state index contributed by atoms with van der Waals surface area (Å²) in [6.45, 7) is 0. The molecule has 62 valence electrons. The van der Waals surface area contributed by atoms with Gasteiger partial charge in [0.15, 0.2) is 5.69 Å². The van der Waals surface area contributed by atoms with Crippen LogP contribution in [0.4, 0.5) is 0 Å². The lowest BCUT2D eigenvalue weighted by Gasteiger charge is -1.92. The minimum Gasteiger partial charge on any atom is -0.265 e. The molecule has 0 fully saturated rings. The van der Waals surface area contributed by atoms with Gasteiger partial charge in [-0.3, -0.25) is 4.98 Å². The molecule has 2 heterocycles. The normalized spacial score (nSPS) is 9.46. The highest BCUT2D eigenvalue weighted by molar-refractivity contribution is 5.63. The van der Waals surface area contributed by atoms with Gasteiger partial charge in [-0.25, -0.2) is 0 Å². The van der Waals surface area contributed by atoms with E-state index in [0.717, 1.165) is 5.56 Å². The maximum absolute atomic E-state index is 8.68. The fraction of sp³-hybridized carbons (Fsp3) is 0. The third kappa shape index (κ3) is 1.25. The molecule has 0 aromatic carbocycles. The highest BCUT2D eigenvalue weighted by Gasteiger charge is 2.07. The molecular formula is C8H5N5. The molecule has 2 rings (SSSR count). The minimum absolute atomic E-state index is 0.297. The molecule has 1 N–H and O–H groups in total. The van der Waals surface area contributed by atoms with Crippen LogP contribution in [0.1, 0.15) is 5.69 Å². The lowest BCUT2D eigenvalue weighted by molar-refractivity contribution is 0.937. The second-order valence-corrected chi connectivity index (χ2v) is 2.37. The number of nitriles is 1. The summed E-state index contributed by atoms with van der Waals surface area (Å²) in [7, 11) is 0. The van der Waals surface area contributed by atoms with E-state index in [-0.39, 0.29) is 0 Å². The summed E-state index contributed by atoms with van der Waals surface area (Å²) >= 11 is 0. The molecule has 0 amide bonds. The summed E-state index contributed by atoms with van der Waals surface area (Å²) in [5.41, 5.74) is 1.69. The van der Waals surface area contributed by atoms with E-state index in [1.54, 1.807) is 24.5 Å². The first kappa shape index (κ1) is 7.43. The van der Waals surface area contributed by atoms with Crippen LogP contribution < -0.4 is 0 Å². The third-order valence-corrected chi connectivity index (χ3v) is 1.61. The number of H-pyrrole nitrogens is 1. The van der Waals surface area contributed by atoms with Crippen molar-refractivity contribution in [2.75, 3.05) is 0 Å². The number of nitrogens with one attached hydrogen (secondary N) is 1. The Morgan fingerprint density at radius 3 is 2.69 bits per heavy atom. The Morgan fingerprint density at radius 1 is 1.23 bits per heavy atom. The van der Waals surface area contributed by atoms with Gasteiger partial charge in [0, 0.05) is 18.0 Å². The third-order valence-electron chi connectivity index (χ3n) is 1.61. The van der Waals surface area contributed by atoms with Crippen LogP contribution in [0.5, 0.6) is 0 Å². The van der Waals surface area contributed by atoms with Crippen molar-refractivity contribution in [3.63, 3.8) is 0 Å². The number of aromatic nitrogens is 4. The van der Waals surface area contributed by atoms with Crippen molar-refractivity contribution < 1.29 is 0 Å². The Kier molecular flexibility index (Phi) is 1.73. The summed E-state index contributed by atoms with van der Waals surface area (Å²) in [5.74, 6) is 0. The standard InChI is InChI=1S/C8H5N5/c9-5-7-8(12-13-11-7)6-1-3-10-4-2-6/h1-4H,(H,11,12,13). The van der Waals surface area contributed by atoms with Gasteiger partial charge in [-0.1, -0.05) is 0 Å². The fourth-order valence-electron chi connectivity index (χ4n) is 1.02. The molecule has 5 heteroatoms. The maximum Gasteiger partial charge on any atom is 0.190 e. The summed E-state index contributed by atoms with van der Waals surface area (Å²) < 4.78 is 0. The van der Waals surface area contributed by atoms with Gasteiger partial charge in [-0.2, -0.15) is 15.6 Å². The average Bonchev–Trinajstić information content (AvgIpc) is 2.67. The van der Waals surface area contributed by atoms with E-state index >= 15 is 0 Å². The van der Waals surface area contributed by atoms with Crippen LogP contribution in [0, 0.1) is 11.3 Å². The van der Waals surface area contributed by atoms with Gasteiger partial charge in [-0.15, -0.1) is 5.10 Å². The first-order chi connectivity index (χ1) is 6.42. The predicted molar refractivity (Wildman–Crippen MR) is 44.3 cm³/mol. The summed E-state index contributed by atoms with van der Waals surface area (Å²) in [6, 6.07) is 5.50. The topological polar surface area (TPSA) is 78.2 Å². The number of hydrogen-bond donors (Lipinski definition) is 1. The molecule has 5 nitrogen and oxygen atoms in total. The van der Waals surface area contributed by atoms with Crippen molar-refractivity contribution in [2.45, 2.75) is 0 Å². The Labute approximate surface area is 74.1 Å². The second-order valence-electron chi connectivity index (χ2n) is 2.37. The zero-order valence-electron chi connectivity index (χ0n) is 6.60. The largest absolute Gasteiger partial charge is 0.265 e. The van der Waals surface area contributed by atoms with Crippen LogP contribution in [-0.2, 0) is 0 Å². The Morgan fingerprint density at radius 2 is 2.00 bits per heavy atom. The first-order valence-corrected chi connectivity index (χ1v) is 3.63. The van der Waals surface area contributed by atoms with Gasteiger partial charge in [-0.05, 0) is 12.1 Å². The average molecular weight is 171 g/mol. The zero-order valence-corrected chi connectivity index (χ0v) is 6.60. The minimum atomic E-state index is 0.297. The first-order valence-electron chi connectivity index (χ1n) is 3.63. The van der Waals surface area contributed by atoms with Crippen LogP contribution in [0.3, 0.4) is 0 Å². The summed E-state index contributed by atoms with van der Waals surface area (Å²) in [6.07, 6.45) is 3.29. The van der Waals surface area contributed by atoms with Gasteiger partial charge in [0.05, 0.1) is 0 Å². The molecule has 0 spiro atoms. The van der Waals surface area contributed by atoms with Crippen molar-refractivity contribution in [1.29, 1.82) is 5.26 Å². The van der Waals surface area contributed by atoms with Crippen molar-refractivity contribution in [2.24, 2.45) is 0 Å². The van der Waals surface area contributed by atoms with Crippen molar-refractivity contribution in [3.8, 4) is 17.3 Å². The van der Waals surface area contributed by atoms with E-state index in [4.69, 9.17) is 5.26 Å². The Hall–Kier alpha value is -2.22. The van der Waals surface area contributed by atoms with E-state index in [1.807, 2.05) is 6.07 Å². The molecule has 2 aromatic heterocycles. The molecule has 0 aliphatic carbocycles. The fourth-order valence-corrected chi connectivity index (χ4v) is 1.02. The Bertz CT molecular complexity index is 439. The highest BCUT2D eigenvalue weighted by atomic mass is 15.3. The van der Waals surface area contributed by atoms with E-state index < -0.39 is 0 Å². The van der Waals surface area contributed by atoms with Gasteiger partial charge in [0.2, 0.25) is 0 Å². The van der Waals surface area contributed by atoms with Gasteiger partial charge >= 0.3 is 0 Å². The number of rotatable bonds is 1. The molecule has 0 aliphatic rings. The van der Waals surface area contributed by atoms with Crippen LogP contribution >= 0.6 is 0 Å². The van der Waals surface area contributed by atoms with Gasteiger partial charge in [0.25, 0.3) is 0 Å². The van der Waals surface area contributed by atoms with Crippen LogP contribution in [-0.4, -0.2) is 20.4 Å². The SMILES string of the molecule is N#Cc1n[nH]nc1-c1ccncc1. The molecule has 0 unspecified atom stereocenters. The van der Waals surface area contributed by atoms with E-state index in [9.17, 15) is 0 Å². The molecule has 0 radical (unpaired) electrons. The van der Waals surface area contributed by atoms with Crippen molar-refractivity contribution in [3.05, 3.63) is 30.2 Å². The monoisotopic (exact) mass is 171 g/mol. The lowest BCUT2D eigenvalue weighted by atomic mass is 10.2. The Balaban J connectivity index is 2.54. The molecule has 2 aromatic rings. The van der Waals surface area contributed by atoms with Crippen LogP contribution in [0.15, 0.2) is 24.5 Å². The van der Waals surface area contributed by atoms with E-state index in [0.29, 0.717) is 11.4 Å². The molecular weight excluding hydrogens is 166 g/mol. The second kappa shape index (κ2) is 3.03. The summed E-state index contributed by atoms with van der Waals surface area (Å²) in [4.78, 5) is 3.87. The highest BCUT2D eigenvalue weighted by Crippen LogP contribution is 2.16. The molecule has 0 aliphatic heterocycles. The predicted octanol–water partition coefficient (Wildman–Crippen LogP) is 0.738. The maximum atomic E-state index is 8.68. The smallest absolute Gasteiger partial charge is 0.190 e. The number of nitrogens with zero attached hydrogens (tertiary/aromatic N) is 4. The van der Waals surface area contributed by atoms with Crippen LogP contribution in [0.25, 0.3) is 11.3 Å². The quantitative estimate of drug-likeness (QED) is 0.686. The molecule has 0 saturated heterocycles. The number of pyridine rings is 1. The van der Waals surface area contributed by atoms with Gasteiger partial charge in [0.1, 0.15) is 11.8 Å². The number of aromatic amines is 1.